The lowest BCUT2D eigenvalue weighted by molar-refractivity contribution is 0.0693. The molecule has 0 atom stereocenters. The van der Waals surface area contributed by atoms with Gasteiger partial charge in [-0.3, -0.25) is 19.2 Å². The minimum Gasteiger partial charge on any atom is -0.477 e. The van der Waals surface area contributed by atoms with Crippen molar-refractivity contribution >= 4 is 5.97 Å². The summed E-state index contributed by atoms with van der Waals surface area (Å²) < 4.78 is 1.25. The van der Waals surface area contributed by atoms with Gasteiger partial charge in [0.2, 0.25) is 0 Å². The van der Waals surface area contributed by atoms with Crippen molar-refractivity contribution in [2.75, 3.05) is 13.1 Å². The summed E-state index contributed by atoms with van der Waals surface area (Å²) in [6.45, 7) is 4.00. The summed E-state index contributed by atoms with van der Waals surface area (Å²) in [6.07, 6.45) is 3.47. The molecule has 1 aromatic heterocycles. The number of carbonyl (C=O) groups is 1. The number of H-pyrrole nitrogens is 1. The van der Waals surface area contributed by atoms with Crippen molar-refractivity contribution in [2.24, 2.45) is 0 Å². The van der Waals surface area contributed by atoms with Gasteiger partial charge in [0.15, 0.2) is 0 Å². The zero-order valence-corrected chi connectivity index (χ0v) is 10.8. The quantitative estimate of drug-likeness (QED) is 0.739. The molecule has 0 radical (unpaired) electrons. The monoisotopic (exact) mass is 267 g/mol. The van der Waals surface area contributed by atoms with Crippen LogP contribution in [0.25, 0.3) is 0 Å². The SMILES string of the molecule is CCN(CCn1cc(C(=O)O)c(=O)[nH]c1=O)C1CC1. The van der Waals surface area contributed by atoms with Gasteiger partial charge in [-0.25, -0.2) is 9.59 Å². The molecule has 0 amide bonds. The van der Waals surface area contributed by atoms with Crippen LogP contribution < -0.4 is 11.2 Å². The standard InChI is InChI=1S/C12H17N3O4/c1-2-14(8-3-4-8)5-6-15-7-9(11(17)18)10(16)13-12(15)19/h7-8H,2-6H2,1H3,(H,17,18)(H,13,16,19). The van der Waals surface area contributed by atoms with Gasteiger partial charge in [-0.2, -0.15) is 0 Å². The average Bonchev–Trinajstić information content (AvgIpc) is 3.16. The van der Waals surface area contributed by atoms with Crippen LogP contribution in [0.15, 0.2) is 15.8 Å². The minimum atomic E-state index is -1.33. The van der Waals surface area contributed by atoms with Crippen LogP contribution in [-0.2, 0) is 6.54 Å². The Hall–Kier alpha value is -1.89. The molecule has 2 rings (SSSR count). The van der Waals surface area contributed by atoms with Crippen LogP contribution in [0.2, 0.25) is 0 Å². The number of hydrogen-bond donors (Lipinski definition) is 2. The van der Waals surface area contributed by atoms with E-state index in [1.807, 2.05) is 4.98 Å². The van der Waals surface area contributed by atoms with E-state index in [4.69, 9.17) is 5.11 Å². The molecule has 0 saturated heterocycles. The van der Waals surface area contributed by atoms with E-state index in [0.717, 1.165) is 12.7 Å². The number of carboxylic acids is 1. The summed E-state index contributed by atoms with van der Waals surface area (Å²) in [5.74, 6) is -1.33. The van der Waals surface area contributed by atoms with E-state index in [1.54, 1.807) is 0 Å². The molecule has 7 heteroatoms. The Morgan fingerprint density at radius 1 is 1.53 bits per heavy atom. The van der Waals surface area contributed by atoms with Gasteiger partial charge < -0.3 is 5.11 Å². The van der Waals surface area contributed by atoms with Gasteiger partial charge in [0.05, 0.1) is 0 Å². The zero-order chi connectivity index (χ0) is 14.0. The topological polar surface area (TPSA) is 95.4 Å². The zero-order valence-electron chi connectivity index (χ0n) is 10.8. The lowest BCUT2D eigenvalue weighted by Crippen LogP contribution is -2.37. The van der Waals surface area contributed by atoms with E-state index in [0.29, 0.717) is 19.1 Å². The molecule has 1 aliphatic rings. The second kappa shape index (κ2) is 5.40. The first kappa shape index (κ1) is 13.5. The predicted octanol–water partition coefficient (Wildman–Crippen LogP) is -0.281. The lowest BCUT2D eigenvalue weighted by Gasteiger charge is -2.20. The van der Waals surface area contributed by atoms with Crippen LogP contribution in [0.3, 0.4) is 0 Å². The fourth-order valence-corrected chi connectivity index (χ4v) is 2.10. The highest BCUT2D eigenvalue weighted by Crippen LogP contribution is 2.26. The van der Waals surface area contributed by atoms with Gasteiger partial charge in [0.1, 0.15) is 5.56 Å². The van der Waals surface area contributed by atoms with E-state index in [1.165, 1.54) is 17.4 Å². The molecule has 1 fully saturated rings. The molecule has 0 aliphatic heterocycles. The first-order chi connectivity index (χ1) is 9.02. The highest BCUT2D eigenvalue weighted by Gasteiger charge is 2.27. The van der Waals surface area contributed by atoms with Crippen LogP contribution in [0.4, 0.5) is 0 Å². The van der Waals surface area contributed by atoms with Crippen molar-refractivity contribution < 1.29 is 9.90 Å². The second-order valence-electron chi connectivity index (χ2n) is 4.66. The first-order valence-electron chi connectivity index (χ1n) is 6.34. The molecule has 0 unspecified atom stereocenters. The molecular formula is C12H17N3O4. The number of aromatic carboxylic acids is 1. The molecule has 0 aromatic carbocycles. The van der Waals surface area contributed by atoms with Crippen LogP contribution in [0.1, 0.15) is 30.1 Å². The molecule has 19 heavy (non-hydrogen) atoms. The van der Waals surface area contributed by atoms with Gasteiger partial charge in [0, 0.05) is 25.3 Å². The Kier molecular flexibility index (Phi) is 3.84. The molecule has 0 spiro atoms. The Morgan fingerprint density at radius 2 is 2.21 bits per heavy atom. The van der Waals surface area contributed by atoms with Crippen molar-refractivity contribution in [3.8, 4) is 0 Å². The van der Waals surface area contributed by atoms with Crippen LogP contribution in [0.5, 0.6) is 0 Å². The van der Waals surface area contributed by atoms with Crippen LogP contribution >= 0.6 is 0 Å². The average molecular weight is 267 g/mol. The maximum atomic E-state index is 11.6. The lowest BCUT2D eigenvalue weighted by atomic mass is 10.3. The molecule has 104 valence electrons. The maximum absolute atomic E-state index is 11.6. The molecule has 0 bridgehead atoms. The summed E-state index contributed by atoms with van der Waals surface area (Å²) in [4.78, 5) is 38.0. The smallest absolute Gasteiger partial charge is 0.342 e. The molecular weight excluding hydrogens is 250 g/mol. The van der Waals surface area contributed by atoms with Gasteiger partial charge in [-0.05, 0) is 19.4 Å². The molecule has 2 N–H and O–H groups in total. The number of aromatic amines is 1. The summed E-state index contributed by atoms with van der Waals surface area (Å²) in [6, 6.07) is 0.586. The summed E-state index contributed by atoms with van der Waals surface area (Å²) in [5.41, 5.74) is -1.83. The van der Waals surface area contributed by atoms with Gasteiger partial charge in [0.25, 0.3) is 5.56 Å². The normalized spacial score (nSPS) is 14.8. The van der Waals surface area contributed by atoms with E-state index in [2.05, 4.69) is 11.8 Å². The highest BCUT2D eigenvalue weighted by molar-refractivity contribution is 5.86. The third-order valence-corrected chi connectivity index (χ3v) is 3.34. The number of nitrogens with one attached hydrogen (secondary N) is 1. The van der Waals surface area contributed by atoms with Crippen molar-refractivity contribution in [3.63, 3.8) is 0 Å². The number of likely N-dealkylation sites (N-methyl/N-ethyl adjacent to an activating group) is 1. The van der Waals surface area contributed by atoms with E-state index in [-0.39, 0.29) is 0 Å². The fourth-order valence-electron chi connectivity index (χ4n) is 2.10. The molecule has 7 nitrogen and oxygen atoms in total. The van der Waals surface area contributed by atoms with E-state index in [9.17, 15) is 14.4 Å². The van der Waals surface area contributed by atoms with E-state index < -0.39 is 22.8 Å². The Labute approximate surface area is 109 Å². The third-order valence-electron chi connectivity index (χ3n) is 3.34. The Morgan fingerprint density at radius 3 is 2.74 bits per heavy atom. The summed E-state index contributed by atoms with van der Waals surface area (Å²) >= 11 is 0. The fraction of sp³-hybridized carbons (Fsp3) is 0.583. The van der Waals surface area contributed by atoms with Crippen molar-refractivity contribution in [3.05, 3.63) is 32.6 Å². The minimum absolute atomic E-state index is 0.375. The molecule has 1 saturated carbocycles. The van der Waals surface area contributed by atoms with E-state index >= 15 is 0 Å². The van der Waals surface area contributed by atoms with Crippen molar-refractivity contribution in [1.82, 2.24) is 14.5 Å². The summed E-state index contributed by atoms with van der Waals surface area (Å²) in [5, 5.41) is 8.86. The number of carboxylic acid groups (broad SMARTS) is 1. The second-order valence-corrected chi connectivity index (χ2v) is 4.66. The Balaban J connectivity index is 2.15. The van der Waals surface area contributed by atoms with Gasteiger partial charge in [-0.1, -0.05) is 6.92 Å². The number of hydrogen-bond acceptors (Lipinski definition) is 4. The first-order valence-corrected chi connectivity index (χ1v) is 6.34. The molecule has 1 aliphatic carbocycles. The van der Waals surface area contributed by atoms with Gasteiger partial charge >= 0.3 is 11.7 Å². The largest absolute Gasteiger partial charge is 0.477 e. The van der Waals surface area contributed by atoms with Crippen LogP contribution in [-0.4, -0.2) is 44.7 Å². The number of nitrogens with zero attached hydrogens (tertiary/aromatic N) is 2. The summed E-state index contributed by atoms with van der Waals surface area (Å²) in [7, 11) is 0. The maximum Gasteiger partial charge on any atom is 0.342 e. The number of rotatable bonds is 6. The number of aromatic nitrogens is 2. The highest BCUT2D eigenvalue weighted by atomic mass is 16.4. The Bertz CT molecular complexity index is 585. The van der Waals surface area contributed by atoms with Gasteiger partial charge in [-0.15, -0.1) is 0 Å². The molecule has 1 heterocycles. The van der Waals surface area contributed by atoms with Crippen LogP contribution in [0, 0.1) is 0 Å². The van der Waals surface area contributed by atoms with Crippen molar-refractivity contribution in [2.45, 2.75) is 32.4 Å². The predicted molar refractivity (Wildman–Crippen MR) is 68.6 cm³/mol. The van der Waals surface area contributed by atoms with Crippen molar-refractivity contribution in [1.29, 1.82) is 0 Å². The molecule has 1 aromatic rings. The third kappa shape index (κ3) is 3.11.